The molecule has 1 heterocycles. The first-order valence-electron chi connectivity index (χ1n) is 6.57. The van der Waals surface area contributed by atoms with Gasteiger partial charge in [0.25, 0.3) is 0 Å². The van der Waals surface area contributed by atoms with E-state index in [0.29, 0.717) is 5.69 Å². The van der Waals surface area contributed by atoms with Crippen LogP contribution in [0.15, 0.2) is 42.6 Å². The molecule has 21 heavy (non-hydrogen) atoms. The Kier molecular flexibility index (Phi) is 4.37. The van der Waals surface area contributed by atoms with Gasteiger partial charge in [-0.05, 0) is 25.1 Å². The zero-order valence-corrected chi connectivity index (χ0v) is 11.9. The van der Waals surface area contributed by atoms with Crippen LogP contribution in [0.4, 0.5) is 5.69 Å². The number of aliphatic carboxylic acids is 1. The normalized spacial score (nSPS) is 11.9. The fourth-order valence-corrected chi connectivity index (χ4v) is 2.21. The van der Waals surface area contributed by atoms with E-state index in [1.165, 1.54) is 4.90 Å². The lowest BCUT2D eigenvalue weighted by molar-refractivity contribution is -0.136. The van der Waals surface area contributed by atoms with Gasteiger partial charge in [-0.25, -0.2) is 0 Å². The number of amides is 1. The smallest absolute Gasteiger partial charge is 0.323 e. The Hall–Kier alpha value is -2.63. The molecule has 2 rings (SSSR count). The maximum Gasteiger partial charge on any atom is 0.323 e. The molecule has 0 bridgehead atoms. The maximum atomic E-state index is 12.7. The van der Waals surface area contributed by atoms with Gasteiger partial charge in [-0.2, -0.15) is 5.10 Å². The van der Waals surface area contributed by atoms with Gasteiger partial charge in [0.15, 0.2) is 0 Å². The molecule has 0 radical (unpaired) electrons. The Morgan fingerprint density at radius 1 is 1.29 bits per heavy atom. The van der Waals surface area contributed by atoms with Gasteiger partial charge in [0.1, 0.15) is 6.54 Å². The summed E-state index contributed by atoms with van der Waals surface area (Å²) in [6.07, 6.45) is 1.61. The van der Waals surface area contributed by atoms with E-state index in [2.05, 4.69) is 5.10 Å². The highest BCUT2D eigenvalue weighted by atomic mass is 16.4. The minimum absolute atomic E-state index is 0.271. The summed E-state index contributed by atoms with van der Waals surface area (Å²) in [4.78, 5) is 25.0. The molecule has 1 N–H and O–H groups in total. The first-order chi connectivity index (χ1) is 10.0. The number of rotatable bonds is 5. The zero-order chi connectivity index (χ0) is 15.4. The van der Waals surface area contributed by atoms with Crippen molar-refractivity contribution in [3.8, 4) is 0 Å². The second-order valence-corrected chi connectivity index (χ2v) is 4.76. The van der Waals surface area contributed by atoms with Crippen molar-refractivity contribution in [1.82, 2.24) is 9.78 Å². The van der Waals surface area contributed by atoms with E-state index >= 15 is 0 Å². The Labute approximate surface area is 122 Å². The van der Waals surface area contributed by atoms with Gasteiger partial charge < -0.3 is 10.0 Å². The summed E-state index contributed by atoms with van der Waals surface area (Å²) in [7, 11) is 1.75. The van der Waals surface area contributed by atoms with Crippen LogP contribution in [0.3, 0.4) is 0 Å². The van der Waals surface area contributed by atoms with E-state index in [0.717, 1.165) is 5.69 Å². The number of anilines is 1. The summed E-state index contributed by atoms with van der Waals surface area (Å²) in [5.41, 5.74) is 1.31. The fraction of sp³-hybridized carbons (Fsp3) is 0.267. The lowest BCUT2D eigenvalue weighted by Crippen LogP contribution is -2.38. The third kappa shape index (κ3) is 3.28. The van der Waals surface area contributed by atoms with Crippen LogP contribution in [0.5, 0.6) is 0 Å². The lowest BCUT2D eigenvalue weighted by atomic mass is 10.1. The molecule has 0 spiro atoms. The number of hydrogen-bond acceptors (Lipinski definition) is 3. The van der Waals surface area contributed by atoms with Crippen molar-refractivity contribution in [1.29, 1.82) is 0 Å². The second-order valence-electron chi connectivity index (χ2n) is 4.76. The molecule has 0 fully saturated rings. The third-order valence-electron chi connectivity index (χ3n) is 3.30. The van der Waals surface area contributed by atoms with Crippen molar-refractivity contribution in [3.05, 3.63) is 48.3 Å². The Balaban J connectivity index is 2.31. The van der Waals surface area contributed by atoms with Crippen molar-refractivity contribution in [2.45, 2.75) is 12.8 Å². The molecule has 0 saturated carbocycles. The summed E-state index contributed by atoms with van der Waals surface area (Å²) in [5, 5.41) is 13.1. The van der Waals surface area contributed by atoms with Crippen LogP contribution in [0.25, 0.3) is 0 Å². The van der Waals surface area contributed by atoms with Crippen LogP contribution >= 0.6 is 0 Å². The van der Waals surface area contributed by atoms with Crippen LogP contribution in [0, 0.1) is 0 Å². The van der Waals surface area contributed by atoms with Crippen LogP contribution < -0.4 is 4.90 Å². The molecule has 0 aliphatic rings. The minimum Gasteiger partial charge on any atom is -0.480 e. The van der Waals surface area contributed by atoms with Crippen LogP contribution in [-0.2, 0) is 16.6 Å². The number of carboxylic acids is 1. The molecule has 1 amide bonds. The minimum atomic E-state index is -1.05. The first kappa shape index (κ1) is 14.8. The van der Waals surface area contributed by atoms with Crippen molar-refractivity contribution < 1.29 is 14.7 Å². The summed E-state index contributed by atoms with van der Waals surface area (Å²) in [6.45, 7) is 1.38. The van der Waals surface area contributed by atoms with Gasteiger partial charge in [0.05, 0.1) is 11.6 Å². The predicted octanol–water partition coefficient (Wildman–Crippen LogP) is 1.64. The van der Waals surface area contributed by atoms with Crippen LogP contribution in [0.1, 0.15) is 18.5 Å². The van der Waals surface area contributed by atoms with E-state index < -0.39 is 11.9 Å². The standard InChI is InChI=1S/C15H17N3O3/c1-11(13-8-9-16-17(13)2)15(21)18(10-14(19)20)12-6-4-3-5-7-12/h3-9,11H,10H2,1-2H3,(H,19,20). The average molecular weight is 287 g/mol. The molecule has 1 unspecified atom stereocenters. The predicted molar refractivity (Wildman–Crippen MR) is 78.1 cm³/mol. The maximum absolute atomic E-state index is 12.7. The van der Waals surface area contributed by atoms with Gasteiger partial charge in [-0.15, -0.1) is 0 Å². The van der Waals surface area contributed by atoms with E-state index in [1.54, 1.807) is 55.2 Å². The first-order valence-corrected chi connectivity index (χ1v) is 6.57. The molecular formula is C15H17N3O3. The quantitative estimate of drug-likeness (QED) is 0.907. The topological polar surface area (TPSA) is 75.4 Å². The number of para-hydroxylation sites is 1. The molecule has 2 aromatic rings. The van der Waals surface area contributed by atoms with E-state index in [1.807, 2.05) is 6.07 Å². The number of carbonyl (C=O) groups is 2. The molecule has 110 valence electrons. The largest absolute Gasteiger partial charge is 0.480 e. The van der Waals surface area contributed by atoms with Gasteiger partial charge >= 0.3 is 5.97 Å². The Morgan fingerprint density at radius 2 is 1.95 bits per heavy atom. The van der Waals surface area contributed by atoms with Gasteiger partial charge in [-0.3, -0.25) is 14.3 Å². The molecule has 1 aromatic heterocycles. The number of carboxylic acid groups (broad SMARTS) is 1. The SMILES string of the molecule is CC(C(=O)N(CC(=O)O)c1ccccc1)c1ccnn1C. The van der Waals surface area contributed by atoms with Crippen LogP contribution in [-0.4, -0.2) is 33.3 Å². The van der Waals surface area contributed by atoms with Crippen molar-refractivity contribution in [3.63, 3.8) is 0 Å². The van der Waals surface area contributed by atoms with Crippen LogP contribution in [0.2, 0.25) is 0 Å². The summed E-state index contributed by atoms with van der Waals surface area (Å²) >= 11 is 0. The molecule has 0 aliphatic heterocycles. The monoisotopic (exact) mass is 287 g/mol. The van der Waals surface area contributed by atoms with Crippen molar-refractivity contribution >= 4 is 17.6 Å². The number of hydrogen-bond donors (Lipinski definition) is 1. The number of nitrogens with zero attached hydrogens (tertiary/aromatic N) is 3. The summed E-state index contributed by atoms with van der Waals surface area (Å²) < 4.78 is 1.62. The number of benzene rings is 1. The zero-order valence-electron chi connectivity index (χ0n) is 11.9. The molecule has 0 saturated heterocycles. The molecular weight excluding hydrogens is 270 g/mol. The van der Waals surface area contributed by atoms with E-state index in [-0.39, 0.29) is 12.5 Å². The second kappa shape index (κ2) is 6.21. The molecule has 1 atom stereocenters. The summed E-state index contributed by atoms with van der Waals surface area (Å²) in [5.74, 6) is -1.80. The molecule has 6 heteroatoms. The third-order valence-corrected chi connectivity index (χ3v) is 3.30. The highest BCUT2D eigenvalue weighted by Crippen LogP contribution is 2.22. The highest BCUT2D eigenvalue weighted by molar-refractivity contribution is 6.00. The molecule has 6 nitrogen and oxygen atoms in total. The van der Waals surface area contributed by atoms with Gasteiger partial charge in [-0.1, -0.05) is 18.2 Å². The number of aryl methyl sites for hydroxylation is 1. The van der Waals surface area contributed by atoms with Crippen molar-refractivity contribution in [2.24, 2.45) is 7.05 Å². The summed E-state index contributed by atoms with van der Waals surface area (Å²) in [6, 6.07) is 10.6. The average Bonchev–Trinajstić information content (AvgIpc) is 2.90. The van der Waals surface area contributed by atoms with E-state index in [9.17, 15) is 9.59 Å². The Morgan fingerprint density at radius 3 is 2.48 bits per heavy atom. The van der Waals surface area contributed by atoms with Gasteiger partial charge in [0.2, 0.25) is 5.91 Å². The molecule has 0 aliphatic carbocycles. The number of aromatic nitrogens is 2. The Bertz CT molecular complexity index is 637. The van der Waals surface area contributed by atoms with Crippen molar-refractivity contribution in [2.75, 3.05) is 11.4 Å². The number of carbonyl (C=O) groups excluding carboxylic acids is 1. The lowest BCUT2D eigenvalue weighted by Gasteiger charge is -2.24. The fourth-order valence-electron chi connectivity index (χ4n) is 2.21. The molecule has 1 aromatic carbocycles. The van der Waals surface area contributed by atoms with E-state index in [4.69, 9.17) is 5.11 Å². The highest BCUT2D eigenvalue weighted by Gasteiger charge is 2.26. The van der Waals surface area contributed by atoms with Gasteiger partial charge in [0, 0.05) is 18.9 Å².